The average molecular weight is 387 g/mol. The lowest BCUT2D eigenvalue weighted by molar-refractivity contribution is 0.0532. The van der Waals surface area contributed by atoms with Crippen LogP contribution in [0, 0.1) is 0 Å². The molecule has 0 unspecified atom stereocenters. The minimum atomic E-state index is -0.114. The molecule has 3 heterocycles. The Kier molecular flexibility index (Phi) is 5.39. The largest absolute Gasteiger partial charge is 0.382 e. The van der Waals surface area contributed by atoms with E-state index in [1.54, 1.807) is 0 Å². The summed E-state index contributed by atoms with van der Waals surface area (Å²) in [5.41, 5.74) is 10.7. The highest BCUT2D eigenvalue weighted by molar-refractivity contribution is 5.89. The van der Waals surface area contributed by atoms with Crippen molar-refractivity contribution in [2.24, 2.45) is 0 Å². The van der Waals surface area contributed by atoms with Gasteiger partial charge in [-0.05, 0) is 57.9 Å². The number of hydrogen-bond acceptors (Lipinski definition) is 5. The second-order valence-corrected chi connectivity index (χ2v) is 8.09. The Morgan fingerprint density at radius 2 is 2.14 bits per heavy atom. The van der Waals surface area contributed by atoms with Gasteiger partial charge in [0, 0.05) is 18.3 Å². The number of nitrogens with one attached hydrogen (secondary N) is 2. The number of carbonyl (C=O) groups excluding carboxylic acids is 1. The number of anilines is 1. The predicted molar refractivity (Wildman–Crippen MR) is 108 cm³/mol. The minimum absolute atomic E-state index is 0.114. The van der Waals surface area contributed by atoms with Crippen LogP contribution < -0.4 is 16.4 Å². The molecule has 0 bridgehead atoms. The Labute approximate surface area is 165 Å². The number of imidazole rings is 1. The van der Waals surface area contributed by atoms with Crippen LogP contribution in [0.25, 0.3) is 11.0 Å². The lowest BCUT2D eigenvalue weighted by Gasteiger charge is -2.28. The number of rotatable bonds is 5. The fourth-order valence-corrected chi connectivity index (χ4v) is 4.33. The standard InChI is InChI=1S/C20H30N6O2/c1-12(2)23-20(27)22-9-5-6-13-10-28-11-16-25-17-18(26(13)16)14-7-3-4-8-15(14)24-19(17)21/h12-13H,3-11H2,1-2H3,(H2,21,24)(H2,22,23,27)/t13-/m0/s1. The lowest BCUT2D eigenvalue weighted by Crippen LogP contribution is -2.40. The van der Waals surface area contributed by atoms with Crippen molar-refractivity contribution in [1.29, 1.82) is 0 Å². The molecule has 1 aliphatic carbocycles. The van der Waals surface area contributed by atoms with Crippen molar-refractivity contribution in [3.63, 3.8) is 0 Å². The van der Waals surface area contributed by atoms with E-state index in [0.717, 1.165) is 48.2 Å². The third-order valence-electron chi connectivity index (χ3n) is 5.53. The fraction of sp³-hybridized carbons (Fsp3) is 0.650. The number of ether oxygens (including phenoxy) is 1. The normalized spacial score (nSPS) is 18.8. The van der Waals surface area contributed by atoms with Gasteiger partial charge in [-0.2, -0.15) is 0 Å². The summed E-state index contributed by atoms with van der Waals surface area (Å²) in [6.45, 7) is 5.71. The van der Waals surface area contributed by atoms with Gasteiger partial charge in [-0.3, -0.25) is 0 Å². The predicted octanol–water partition coefficient (Wildman–Crippen LogP) is 2.45. The summed E-state index contributed by atoms with van der Waals surface area (Å²) in [5, 5.41) is 5.77. The van der Waals surface area contributed by atoms with Gasteiger partial charge < -0.3 is 25.7 Å². The molecule has 1 atom stereocenters. The van der Waals surface area contributed by atoms with Crippen LogP contribution in [0.2, 0.25) is 0 Å². The van der Waals surface area contributed by atoms with Crippen LogP contribution in [0.15, 0.2) is 0 Å². The first-order chi connectivity index (χ1) is 13.5. The third-order valence-corrected chi connectivity index (χ3v) is 5.53. The van der Waals surface area contributed by atoms with Crippen LogP contribution in [0.4, 0.5) is 10.6 Å². The molecule has 0 aromatic carbocycles. The van der Waals surface area contributed by atoms with Crippen LogP contribution in [-0.2, 0) is 24.2 Å². The van der Waals surface area contributed by atoms with Gasteiger partial charge in [-0.15, -0.1) is 0 Å². The van der Waals surface area contributed by atoms with Crippen LogP contribution in [0.5, 0.6) is 0 Å². The second kappa shape index (κ2) is 7.95. The maximum Gasteiger partial charge on any atom is 0.314 e. The van der Waals surface area contributed by atoms with E-state index >= 15 is 0 Å². The topological polar surface area (TPSA) is 107 Å². The van der Waals surface area contributed by atoms with E-state index in [-0.39, 0.29) is 18.1 Å². The van der Waals surface area contributed by atoms with Gasteiger partial charge in [0.05, 0.1) is 18.2 Å². The minimum Gasteiger partial charge on any atom is -0.382 e. The van der Waals surface area contributed by atoms with Crippen LogP contribution >= 0.6 is 0 Å². The van der Waals surface area contributed by atoms with E-state index in [4.69, 9.17) is 15.5 Å². The molecule has 2 aromatic rings. The Bertz CT molecular complexity index is 875. The molecule has 152 valence electrons. The first-order valence-corrected chi connectivity index (χ1v) is 10.3. The van der Waals surface area contributed by atoms with Gasteiger partial charge in [0.15, 0.2) is 5.82 Å². The number of urea groups is 1. The Morgan fingerprint density at radius 3 is 2.96 bits per heavy atom. The second-order valence-electron chi connectivity index (χ2n) is 8.09. The summed E-state index contributed by atoms with van der Waals surface area (Å²) < 4.78 is 8.15. The number of fused-ring (bicyclic) bond motifs is 5. The monoisotopic (exact) mass is 386 g/mol. The Balaban J connectivity index is 1.54. The van der Waals surface area contributed by atoms with E-state index in [2.05, 4.69) is 20.2 Å². The Morgan fingerprint density at radius 1 is 1.32 bits per heavy atom. The van der Waals surface area contributed by atoms with Gasteiger partial charge in [0.2, 0.25) is 0 Å². The van der Waals surface area contributed by atoms with Crippen LogP contribution in [0.1, 0.15) is 62.7 Å². The summed E-state index contributed by atoms with van der Waals surface area (Å²) in [5.74, 6) is 1.47. The molecule has 2 aromatic heterocycles. The molecule has 8 nitrogen and oxygen atoms in total. The van der Waals surface area contributed by atoms with E-state index in [9.17, 15) is 4.79 Å². The molecular weight excluding hydrogens is 356 g/mol. The van der Waals surface area contributed by atoms with E-state index in [1.807, 2.05) is 13.8 Å². The quantitative estimate of drug-likeness (QED) is 0.684. The van der Waals surface area contributed by atoms with E-state index in [1.165, 1.54) is 18.4 Å². The summed E-state index contributed by atoms with van der Waals surface area (Å²) in [6.07, 6.45) is 6.17. The van der Waals surface area contributed by atoms with Crippen molar-refractivity contribution >= 4 is 22.9 Å². The number of nitrogen functional groups attached to an aromatic ring is 1. The summed E-state index contributed by atoms with van der Waals surface area (Å²) in [4.78, 5) is 21.2. The fourth-order valence-electron chi connectivity index (χ4n) is 4.33. The molecule has 0 fully saturated rings. The number of aromatic nitrogens is 3. The zero-order valence-corrected chi connectivity index (χ0v) is 16.8. The molecule has 8 heteroatoms. The van der Waals surface area contributed by atoms with E-state index < -0.39 is 0 Å². The van der Waals surface area contributed by atoms with Crippen LogP contribution in [-0.4, -0.2) is 39.8 Å². The molecule has 1 aliphatic heterocycles. The first kappa shape index (κ1) is 19.0. The van der Waals surface area contributed by atoms with Crippen LogP contribution in [0.3, 0.4) is 0 Å². The highest BCUT2D eigenvalue weighted by atomic mass is 16.5. The highest BCUT2D eigenvalue weighted by Crippen LogP contribution is 2.36. The van der Waals surface area contributed by atoms with Crippen molar-refractivity contribution < 1.29 is 9.53 Å². The summed E-state index contributed by atoms with van der Waals surface area (Å²) in [7, 11) is 0. The molecule has 0 saturated carbocycles. The maximum absolute atomic E-state index is 11.8. The molecule has 2 aliphatic rings. The lowest BCUT2D eigenvalue weighted by atomic mass is 9.94. The van der Waals surface area contributed by atoms with Gasteiger partial charge in [-0.25, -0.2) is 14.8 Å². The number of carbonyl (C=O) groups is 1. The molecular formula is C20H30N6O2. The van der Waals surface area contributed by atoms with Gasteiger partial charge >= 0.3 is 6.03 Å². The molecule has 0 radical (unpaired) electrons. The van der Waals surface area contributed by atoms with Crippen molar-refractivity contribution in [3.8, 4) is 0 Å². The van der Waals surface area contributed by atoms with Gasteiger partial charge in [0.25, 0.3) is 0 Å². The van der Waals surface area contributed by atoms with Gasteiger partial charge in [-0.1, -0.05) is 0 Å². The highest BCUT2D eigenvalue weighted by Gasteiger charge is 2.28. The molecule has 0 spiro atoms. The number of nitrogens with zero attached hydrogens (tertiary/aromatic N) is 3. The average Bonchev–Trinajstić information content (AvgIpc) is 3.06. The molecule has 4 N–H and O–H groups in total. The van der Waals surface area contributed by atoms with E-state index in [0.29, 0.717) is 25.6 Å². The molecule has 4 rings (SSSR count). The smallest absolute Gasteiger partial charge is 0.314 e. The van der Waals surface area contributed by atoms with Crippen molar-refractivity contribution in [3.05, 3.63) is 17.1 Å². The summed E-state index contributed by atoms with van der Waals surface area (Å²) >= 11 is 0. The zero-order chi connectivity index (χ0) is 19.7. The van der Waals surface area contributed by atoms with Crippen molar-refractivity contribution in [2.75, 3.05) is 18.9 Å². The van der Waals surface area contributed by atoms with Gasteiger partial charge in [0.1, 0.15) is 17.9 Å². The molecule has 0 saturated heterocycles. The zero-order valence-electron chi connectivity index (χ0n) is 16.8. The first-order valence-electron chi connectivity index (χ1n) is 10.3. The van der Waals surface area contributed by atoms with Crippen molar-refractivity contribution in [1.82, 2.24) is 25.2 Å². The number of amides is 2. The van der Waals surface area contributed by atoms with Crippen molar-refractivity contribution in [2.45, 2.75) is 71.1 Å². The third kappa shape index (κ3) is 3.65. The number of pyridine rings is 1. The number of hydrogen-bond donors (Lipinski definition) is 3. The maximum atomic E-state index is 11.8. The summed E-state index contributed by atoms with van der Waals surface area (Å²) in [6, 6.07) is 0.227. The number of aryl methyl sites for hydroxylation is 2. The Hall–Kier alpha value is -2.35. The molecule has 2 amide bonds. The molecule has 28 heavy (non-hydrogen) atoms. The number of nitrogens with two attached hydrogens (primary N) is 1. The SMILES string of the molecule is CC(C)NC(=O)NCCC[C@H]1COCc2nc3c(N)nc4c(c3n21)CCCC4.